The fourth-order valence-electron chi connectivity index (χ4n) is 2.86. The molecule has 0 N–H and O–H groups in total. The van der Waals surface area contributed by atoms with Crippen molar-refractivity contribution in [1.29, 1.82) is 0 Å². The molecule has 3 rings (SSSR count). The first kappa shape index (κ1) is 15.1. The fraction of sp³-hybridized carbons (Fsp3) is 0.278. The van der Waals surface area contributed by atoms with E-state index in [4.69, 9.17) is 0 Å². The van der Waals surface area contributed by atoms with Crippen LogP contribution < -0.4 is 4.90 Å². The second-order valence-electron chi connectivity index (χ2n) is 5.60. The minimum Gasteiger partial charge on any atom is -0.308 e. The lowest BCUT2D eigenvalue weighted by Gasteiger charge is -2.25. The number of halogens is 1. The van der Waals surface area contributed by atoms with Crippen LogP contribution in [0.2, 0.25) is 0 Å². The fourth-order valence-corrected chi connectivity index (χ4v) is 3.78. The zero-order valence-electron chi connectivity index (χ0n) is 12.6. The van der Waals surface area contributed by atoms with Gasteiger partial charge in [0.15, 0.2) is 0 Å². The molecule has 2 aromatic carbocycles. The van der Waals surface area contributed by atoms with Crippen molar-refractivity contribution >= 4 is 23.4 Å². The van der Waals surface area contributed by atoms with E-state index in [9.17, 15) is 9.18 Å². The Morgan fingerprint density at radius 2 is 1.91 bits per heavy atom. The van der Waals surface area contributed by atoms with E-state index in [1.165, 1.54) is 29.5 Å². The van der Waals surface area contributed by atoms with Gasteiger partial charge in [-0.15, -0.1) is 11.8 Å². The zero-order valence-corrected chi connectivity index (χ0v) is 13.4. The van der Waals surface area contributed by atoms with Gasteiger partial charge in [-0.05, 0) is 56.2 Å². The van der Waals surface area contributed by atoms with Crippen molar-refractivity contribution in [2.24, 2.45) is 0 Å². The van der Waals surface area contributed by atoms with Gasteiger partial charge in [0.1, 0.15) is 5.82 Å². The van der Waals surface area contributed by atoms with Crippen molar-refractivity contribution in [1.82, 2.24) is 0 Å². The molecule has 1 aliphatic rings. The lowest BCUT2D eigenvalue weighted by Crippen LogP contribution is -2.40. The molecule has 0 saturated carbocycles. The van der Waals surface area contributed by atoms with Gasteiger partial charge in [0.25, 0.3) is 0 Å². The molecule has 0 spiro atoms. The highest BCUT2D eigenvalue weighted by Gasteiger charge is 2.33. The lowest BCUT2D eigenvalue weighted by atomic mass is 10.1. The molecular formula is C18H18FNOS. The Bertz CT molecular complexity index is 686. The predicted octanol–water partition coefficient (Wildman–Crippen LogP) is 4.28. The monoisotopic (exact) mass is 315 g/mol. The molecule has 2 atom stereocenters. The number of carbonyl (C=O) groups is 1. The van der Waals surface area contributed by atoms with Crippen LogP contribution in [0.3, 0.4) is 0 Å². The molecule has 0 fully saturated rings. The minimum absolute atomic E-state index is 0.103. The molecule has 2 unspecified atom stereocenters. The Morgan fingerprint density at radius 3 is 2.64 bits per heavy atom. The first-order chi connectivity index (χ1) is 10.6. The number of rotatable bonds is 3. The second kappa shape index (κ2) is 6.13. The number of hydrogen-bond acceptors (Lipinski definition) is 2. The average Bonchev–Trinajstić information content (AvgIpc) is 2.84. The van der Waals surface area contributed by atoms with E-state index in [-0.39, 0.29) is 23.0 Å². The Labute approximate surface area is 134 Å². The topological polar surface area (TPSA) is 20.3 Å². The third-order valence-electron chi connectivity index (χ3n) is 3.92. The molecule has 2 nitrogen and oxygen atoms in total. The molecule has 0 aromatic heterocycles. The van der Waals surface area contributed by atoms with Crippen LogP contribution in [0.5, 0.6) is 0 Å². The first-order valence-electron chi connectivity index (χ1n) is 7.39. The van der Waals surface area contributed by atoms with Crippen molar-refractivity contribution in [3.63, 3.8) is 0 Å². The maximum atomic E-state index is 13.0. The highest BCUT2D eigenvalue weighted by Crippen LogP contribution is 2.34. The van der Waals surface area contributed by atoms with Crippen molar-refractivity contribution in [2.75, 3.05) is 4.90 Å². The van der Waals surface area contributed by atoms with Gasteiger partial charge >= 0.3 is 0 Å². The van der Waals surface area contributed by atoms with Gasteiger partial charge in [0.05, 0.1) is 5.25 Å². The average molecular weight is 315 g/mol. The van der Waals surface area contributed by atoms with Crippen LogP contribution in [0, 0.1) is 5.82 Å². The van der Waals surface area contributed by atoms with Gasteiger partial charge < -0.3 is 4.90 Å². The number of anilines is 1. The Morgan fingerprint density at radius 1 is 1.23 bits per heavy atom. The maximum Gasteiger partial charge on any atom is 0.240 e. The number of thioether (sulfide) groups is 1. The van der Waals surface area contributed by atoms with Gasteiger partial charge in [-0.1, -0.05) is 18.2 Å². The number of benzene rings is 2. The summed E-state index contributed by atoms with van der Waals surface area (Å²) in [5.41, 5.74) is 2.24. The number of carbonyl (C=O) groups excluding carboxylic acids is 1. The van der Waals surface area contributed by atoms with E-state index in [0.717, 1.165) is 17.0 Å². The summed E-state index contributed by atoms with van der Waals surface area (Å²) in [5.74, 6) is -0.155. The summed E-state index contributed by atoms with van der Waals surface area (Å²) in [6, 6.07) is 14.5. The lowest BCUT2D eigenvalue weighted by molar-refractivity contribution is -0.118. The Kier molecular flexibility index (Phi) is 4.21. The molecule has 114 valence electrons. The summed E-state index contributed by atoms with van der Waals surface area (Å²) < 4.78 is 13.0. The van der Waals surface area contributed by atoms with Gasteiger partial charge in [-0.2, -0.15) is 0 Å². The van der Waals surface area contributed by atoms with Crippen LogP contribution in [0.4, 0.5) is 10.1 Å². The third kappa shape index (κ3) is 2.88. The van der Waals surface area contributed by atoms with Crippen molar-refractivity contribution < 1.29 is 9.18 Å². The summed E-state index contributed by atoms with van der Waals surface area (Å²) in [7, 11) is 0. The summed E-state index contributed by atoms with van der Waals surface area (Å²) in [5, 5.41) is -0.209. The number of hydrogen-bond donors (Lipinski definition) is 0. The summed E-state index contributed by atoms with van der Waals surface area (Å²) >= 11 is 1.47. The normalized spacial score (nSPS) is 18.1. The largest absolute Gasteiger partial charge is 0.308 e. The number of para-hydroxylation sites is 1. The molecule has 2 aromatic rings. The van der Waals surface area contributed by atoms with Crippen LogP contribution in [0.1, 0.15) is 19.4 Å². The number of fused-ring (bicyclic) bond motifs is 1. The smallest absolute Gasteiger partial charge is 0.240 e. The van der Waals surface area contributed by atoms with Crippen molar-refractivity contribution in [3.05, 3.63) is 59.9 Å². The molecule has 1 aliphatic heterocycles. The SMILES string of the molecule is CC(Sc1ccc(F)cc1)C(=O)N1c2ccccc2CC1C. The van der Waals surface area contributed by atoms with E-state index in [0.29, 0.717) is 0 Å². The van der Waals surface area contributed by atoms with E-state index in [1.54, 1.807) is 12.1 Å². The Hall–Kier alpha value is -1.81. The molecule has 0 saturated heterocycles. The van der Waals surface area contributed by atoms with Gasteiger partial charge in [0.2, 0.25) is 5.91 Å². The van der Waals surface area contributed by atoms with Crippen LogP contribution in [0.15, 0.2) is 53.4 Å². The van der Waals surface area contributed by atoms with Crippen LogP contribution in [-0.4, -0.2) is 17.2 Å². The summed E-state index contributed by atoms with van der Waals surface area (Å²) in [4.78, 5) is 15.6. The quantitative estimate of drug-likeness (QED) is 0.788. The third-order valence-corrected chi connectivity index (χ3v) is 5.02. The first-order valence-corrected chi connectivity index (χ1v) is 8.27. The zero-order chi connectivity index (χ0) is 15.7. The minimum atomic E-state index is -0.259. The van der Waals surface area contributed by atoms with Gasteiger partial charge in [-0.3, -0.25) is 4.79 Å². The van der Waals surface area contributed by atoms with E-state index >= 15 is 0 Å². The number of nitrogens with zero attached hydrogens (tertiary/aromatic N) is 1. The van der Waals surface area contributed by atoms with Gasteiger partial charge in [-0.25, -0.2) is 4.39 Å². The van der Waals surface area contributed by atoms with Crippen LogP contribution in [-0.2, 0) is 11.2 Å². The molecule has 22 heavy (non-hydrogen) atoms. The molecule has 0 bridgehead atoms. The van der Waals surface area contributed by atoms with Crippen molar-refractivity contribution in [2.45, 2.75) is 36.5 Å². The van der Waals surface area contributed by atoms with Crippen LogP contribution >= 0.6 is 11.8 Å². The summed E-state index contributed by atoms with van der Waals surface area (Å²) in [6.07, 6.45) is 0.899. The molecule has 4 heteroatoms. The van der Waals surface area contributed by atoms with E-state index in [1.807, 2.05) is 30.0 Å². The van der Waals surface area contributed by atoms with Crippen LogP contribution in [0.25, 0.3) is 0 Å². The molecule has 1 amide bonds. The summed E-state index contributed by atoms with van der Waals surface area (Å²) in [6.45, 7) is 3.98. The van der Waals surface area contributed by atoms with Crippen molar-refractivity contribution in [3.8, 4) is 0 Å². The second-order valence-corrected chi connectivity index (χ2v) is 7.02. The molecular weight excluding hydrogens is 297 g/mol. The highest BCUT2D eigenvalue weighted by atomic mass is 32.2. The van der Waals surface area contributed by atoms with Gasteiger partial charge in [0, 0.05) is 16.6 Å². The molecule has 1 heterocycles. The predicted molar refractivity (Wildman–Crippen MR) is 88.8 cm³/mol. The maximum absolute atomic E-state index is 13.0. The Balaban J connectivity index is 1.77. The van der Waals surface area contributed by atoms with E-state index in [2.05, 4.69) is 13.0 Å². The highest BCUT2D eigenvalue weighted by molar-refractivity contribution is 8.00. The molecule has 0 aliphatic carbocycles. The standard InChI is InChI=1S/C18H18FNOS/c1-12-11-14-5-3-4-6-17(14)20(12)18(21)13(2)22-16-9-7-15(19)8-10-16/h3-10,12-13H,11H2,1-2H3. The number of amides is 1. The molecule has 0 radical (unpaired) electrons. The van der Waals surface area contributed by atoms with E-state index < -0.39 is 0 Å².